The monoisotopic (exact) mass is 271 g/mol. The Morgan fingerprint density at radius 1 is 1.35 bits per heavy atom. The number of carbonyl (C=O) groups excluding carboxylic acids is 1. The van der Waals surface area contributed by atoms with Crippen LogP contribution in [0.5, 0.6) is 0 Å². The lowest BCUT2D eigenvalue weighted by Gasteiger charge is -2.08. The van der Waals surface area contributed by atoms with Crippen molar-refractivity contribution < 1.29 is 4.79 Å². The van der Waals surface area contributed by atoms with Gasteiger partial charge in [0, 0.05) is 18.4 Å². The van der Waals surface area contributed by atoms with Gasteiger partial charge in [-0.25, -0.2) is 0 Å². The maximum absolute atomic E-state index is 11.8. The van der Waals surface area contributed by atoms with Crippen molar-refractivity contribution in [3.05, 3.63) is 41.1 Å². The molecule has 0 bridgehead atoms. The van der Waals surface area contributed by atoms with Crippen molar-refractivity contribution in [2.75, 3.05) is 11.9 Å². The fraction of sp³-hybridized carbons (Fsp3) is 0.375. The van der Waals surface area contributed by atoms with Crippen LogP contribution in [0, 0.1) is 31.1 Å². The van der Waals surface area contributed by atoms with Gasteiger partial charge in [0.15, 0.2) is 0 Å². The highest BCUT2D eigenvalue weighted by Crippen LogP contribution is 2.14. The van der Waals surface area contributed by atoms with Crippen molar-refractivity contribution in [1.82, 2.24) is 5.32 Å². The summed E-state index contributed by atoms with van der Waals surface area (Å²) in [7, 11) is 0. The minimum absolute atomic E-state index is 0.0730. The zero-order valence-electron chi connectivity index (χ0n) is 12.4. The molecule has 4 heteroatoms. The number of nitrogens with zero attached hydrogens (tertiary/aromatic N) is 1. The molecule has 1 aromatic rings. The molecule has 2 N–H and O–H groups in total. The predicted molar refractivity (Wildman–Crippen MR) is 81.1 cm³/mol. The minimum atomic E-state index is -0.350. The molecule has 1 amide bonds. The minimum Gasteiger partial charge on any atom is -0.360 e. The number of nitrogens with one attached hydrogen (secondary N) is 2. The smallest absolute Gasteiger partial charge is 0.263 e. The molecule has 0 heterocycles. The van der Waals surface area contributed by atoms with E-state index in [4.69, 9.17) is 5.26 Å². The summed E-state index contributed by atoms with van der Waals surface area (Å²) < 4.78 is 0. The van der Waals surface area contributed by atoms with Gasteiger partial charge in [0.25, 0.3) is 5.91 Å². The van der Waals surface area contributed by atoms with Gasteiger partial charge in [-0.15, -0.1) is 0 Å². The van der Waals surface area contributed by atoms with Crippen LogP contribution in [0.2, 0.25) is 0 Å². The van der Waals surface area contributed by atoms with Crippen molar-refractivity contribution >= 4 is 11.6 Å². The SMILES string of the molecule is Cc1ccc(N/C=C(/C#N)C(=O)NCC(C)C)cc1C. The quantitative estimate of drug-likeness (QED) is 0.639. The Kier molecular flexibility index (Phi) is 5.79. The number of aryl methyl sites for hydroxylation is 2. The van der Waals surface area contributed by atoms with Gasteiger partial charge in [0.2, 0.25) is 0 Å². The second kappa shape index (κ2) is 7.34. The van der Waals surface area contributed by atoms with E-state index in [0.717, 1.165) is 11.3 Å². The molecule has 20 heavy (non-hydrogen) atoms. The third-order valence-corrected chi connectivity index (χ3v) is 2.93. The Morgan fingerprint density at radius 2 is 2.05 bits per heavy atom. The Labute approximate surface area is 120 Å². The van der Waals surface area contributed by atoms with Crippen LogP contribution in [0.1, 0.15) is 25.0 Å². The van der Waals surface area contributed by atoms with E-state index in [0.29, 0.717) is 12.5 Å². The van der Waals surface area contributed by atoms with Crippen LogP contribution in [0.15, 0.2) is 30.0 Å². The van der Waals surface area contributed by atoms with E-state index in [1.807, 2.05) is 52.0 Å². The summed E-state index contributed by atoms with van der Waals surface area (Å²) in [6.07, 6.45) is 1.44. The van der Waals surface area contributed by atoms with E-state index >= 15 is 0 Å². The Balaban J connectivity index is 2.72. The number of nitriles is 1. The second-order valence-electron chi connectivity index (χ2n) is 5.22. The fourth-order valence-corrected chi connectivity index (χ4v) is 1.53. The van der Waals surface area contributed by atoms with Crippen LogP contribution in [-0.4, -0.2) is 12.5 Å². The van der Waals surface area contributed by atoms with Crippen molar-refractivity contribution in [2.24, 2.45) is 5.92 Å². The van der Waals surface area contributed by atoms with Crippen molar-refractivity contribution in [3.8, 4) is 6.07 Å². The molecule has 4 nitrogen and oxygen atoms in total. The molecular weight excluding hydrogens is 250 g/mol. The van der Waals surface area contributed by atoms with Gasteiger partial charge in [0.05, 0.1) is 0 Å². The summed E-state index contributed by atoms with van der Waals surface area (Å²) >= 11 is 0. The first-order chi connectivity index (χ1) is 9.43. The fourth-order valence-electron chi connectivity index (χ4n) is 1.53. The van der Waals surface area contributed by atoms with Crippen LogP contribution in [0.4, 0.5) is 5.69 Å². The maximum Gasteiger partial charge on any atom is 0.263 e. The van der Waals surface area contributed by atoms with Crippen molar-refractivity contribution in [1.29, 1.82) is 5.26 Å². The van der Waals surface area contributed by atoms with E-state index in [-0.39, 0.29) is 11.5 Å². The molecule has 0 fully saturated rings. The summed E-state index contributed by atoms with van der Waals surface area (Å²) in [5.41, 5.74) is 3.29. The largest absolute Gasteiger partial charge is 0.360 e. The maximum atomic E-state index is 11.8. The van der Waals surface area contributed by atoms with Gasteiger partial charge in [0.1, 0.15) is 11.6 Å². The second-order valence-corrected chi connectivity index (χ2v) is 5.22. The van der Waals surface area contributed by atoms with Crippen LogP contribution in [0.25, 0.3) is 0 Å². The lowest BCUT2D eigenvalue weighted by atomic mass is 10.1. The van der Waals surface area contributed by atoms with E-state index in [9.17, 15) is 4.79 Å². The molecule has 0 aromatic heterocycles. The van der Waals surface area contributed by atoms with Gasteiger partial charge >= 0.3 is 0 Å². The summed E-state index contributed by atoms with van der Waals surface area (Å²) in [5.74, 6) is 0.00383. The molecule has 0 unspecified atom stereocenters. The van der Waals surface area contributed by atoms with Gasteiger partial charge in [-0.3, -0.25) is 4.79 Å². The van der Waals surface area contributed by atoms with Crippen LogP contribution in [0.3, 0.4) is 0 Å². The number of amides is 1. The Morgan fingerprint density at radius 3 is 2.60 bits per heavy atom. The number of benzene rings is 1. The lowest BCUT2D eigenvalue weighted by Crippen LogP contribution is -2.28. The predicted octanol–water partition coefficient (Wildman–Crippen LogP) is 2.90. The van der Waals surface area contributed by atoms with Gasteiger partial charge < -0.3 is 10.6 Å². The third-order valence-electron chi connectivity index (χ3n) is 2.93. The van der Waals surface area contributed by atoms with Gasteiger partial charge in [-0.2, -0.15) is 5.26 Å². The number of rotatable bonds is 5. The average molecular weight is 271 g/mol. The van der Waals surface area contributed by atoms with E-state index < -0.39 is 0 Å². The molecule has 1 rings (SSSR count). The summed E-state index contributed by atoms with van der Waals surface area (Å²) in [6, 6.07) is 7.80. The molecule has 0 saturated carbocycles. The highest BCUT2D eigenvalue weighted by atomic mass is 16.1. The highest BCUT2D eigenvalue weighted by molar-refractivity contribution is 5.97. The number of hydrogen-bond donors (Lipinski definition) is 2. The van der Waals surface area contributed by atoms with Crippen LogP contribution in [-0.2, 0) is 4.79 Å². The van der Waals surface area contributed by atoms with E-state index in [1.54, 1.807) is 0 Å². The van der Waals surface area contributed by atoms with Crippen LogP contribution >= 0.6 is 0 Å². The molecule has 0 saturated heterocycles. The summed E-state index contributed by atoms with van der Waals surface area (Å²) in [5, 5.41) is 14.7. The Bertz CT molecular complexity index is 553. The average Bonchev–Trinajstić information content (AvgIpc) is 2.41. The first-order valence-electron chi connectivity index (χ1n) is 6.66. The van der Waals surface area contributed by atoms with Gasteiger partial charge in [-0.05, 0) is 43.0 Å². The van der Waals surface area contributed by atoms with Crippen molar-refractivity contribution in [3.63, 3.8) is 0 Å². The molecule has 0 aliphatic carbocycles. The molecule has 0 aliphatic rings. The summed E-state index contributed by atoms with van der Waals surface area (Å²) in [4.78, 5) is 11.8. The molecule has 106 valence electrons. The highest BCUT2D eigenvalue weighted by Gasteiger charge is 2.08. The first-order valence-corrected chi connectivity index (χ1v) is 6.66. The normalized spacial score (nSPS) is 11.1. The molecule has 0 atom stereocenters. The zero-order valence-corrected chi connectivity index (χ0v) is 12.4. The number of anilines is 1. The molecule has 1 aromatic carbocycles. The zero-order chi connectivity index (χ0) is 15.1. The topological polar surface area (TPSA) is 64.9 Å². The Hall–Kier alpha value is -2.28. The van der Waals surface area contributed by atoms with Gasteiger partial charge in [-0.1, -0.05) is 19.9 Å². The van der Waals surface area contributed by atoms with E-state index in [1.165, 1.54) is 11.8 Å². The summed E-state index contributed by atoms with van der Waals surface area (Å²) in [6.45, 7) is 8.62. The molecular formula is C16H21N3O. The standard InChI is InChI=1S/C16H21N3O/c1-11(2)9-19-16(20)14(8-17)10-18-15-6-5-12(3)13(4)7-15/h5-7,10-11,18H,9H2,1-4H3,(H,19,20)/b14-10-. The van der Waals surface area contributed by atoms with Crippen molar-refractivity contribution in [2.45, 2.75) is 27.7 Å². The lowest BCUT2D eigenvalue weighted by molar-refractivity contribution is -0.117. The third kappa shape index (κ3) is 4.77. The molecule has 0 radical (unpaired) electrons. The first kappa shape index (κ1) is 15.8. The molecule has 0 spiro atoms. The number of carbonyl (C=O) groups is 1. The molecule has 0 aliphatic heterocycles. The van der Waals surface area contributed by atoms with E-state index in [2.05, 4.69) is 10.6 Å². The number of hydrogen-bond acceptors (Lipinski definition) is 3. The van der Waals surface area contributed by atoms with Crippen LogP contribution < -0.4 is 10.6 Å².